The normalized spacial score (nSPS) is 10.7. The molecule has 0 saturated carbocycles. The molecule has 0 bridgehead atoms. The van der Waals surface area contributed by atoms with Crippen molar-refractivity contribution in [3.8, 4) is 22.3 Å². The summed E-state index contributed by atoms with van der Waals surface area (Å²) in [6, 6.07) is 17.8. The smallest absolute Gasteiger partial charge is 0.141 e. The highest BCUT2D eigenvalue weighted by molar-refractivity contribution is 6.36. The van der Waals surface area contributed by atoms with Gasteiger partial charge in [0, 0.05) is 16.8 Å². The molecule has 0 spiro atoms. The Morgan fingerprint density at radius 1 is 0.773 bits per heavy atom. The third-order valence-corrected chi connectivity index (χ3v) is 4.12. The molecule has 22 heavy (non-hydrogen) atoms. The lowest BCUT2D eigenvalue weighted by atomic mass is 9.98. The molecule has 0 radical (unpaired) electrons. The summed E-state index contributed by atoms with van der Waals surface area (Å²) >= 11 is 12.4. The SMILES string of the molecule is Nc1cccc(-c2cccc(-c3ccc(F)c(Cl)c3)c2Cl)c1. The van der Waals surface area contributed by atoms with Crippen molar-refractivity contribution >= 4 is 28.9 Å². The maximum Gasteiger partial charge on any atom is 0.141 e. The van der Waals surface area contributed by atoms with E-state index >= 15 is 0 Å². The number of nitrogen functional groups attached to an aromatic ring is 1. The van der Waals surface area contributed by atoms with Crippen molar-refractivity contribution < 1.29 is 4.39 Å². The highest BCUT2D eigenvalue weighted by atomic mass is 35.5. The molecule has 3 aromatic rings. The maximum atomic E-state index is 13.3. The molecule has 0 unspecified atom stereocenters. The summed E-state index contributed by atoms with van der Waals surface area (Å²) in [5, 5.41) is 0.652. The topological polar surface area (TPSA) is 26.0 Å². The molecule has 0 aliphatic carbocycles. The van der Waals surface area contributed by atoms with Crippen molar-refractivity contribution in [1.82, 2.24) is 0 Å². The Kier molecular flexibility index (Phi) is 4.06. The van der Waals surface area contributed by atoms with Gasteiger partial charge in [-0.1, -0.05) is 59.6 Å². The average Bonchev–Trinajstić information content (AvgIpc) is 2.50. The summed E-state index contributed by atoms with van der Waals surface area (Å²) in [5.41, 5.74) is 9.86. The van der Waals surface area contributed by atoms with E-state index in [0.717, 1.165) is 22.3 Å². The van der Waals surface area contributed by atoms with Gasteiger partial charge in [0.2, 0.25) is 0 Å². The second-order valence-corrected chi connectivity index (χ2v) is 5.71. The summed E-state index contributed by atoms with van der Waals surface area (Å²) in [4.78, 5) is 0. The zero-order valence-corrected chi connectivity index (χ0v) is 13.0. The second-order valence-electron chi connectivity index (χ2n) is 4.92. The van der Waals surface area contributed by atoms with Gasteiger partial charge >= 0.3 is 0 Å². The van der Waals surface area contributed by atoms with Crippen LogP contribution >= 0.6 is 23.2 Å². The van der Waals surface area contributed by atoms with Crippen molar-refractivity contribution in [2.24, 2.45) is 0 Å². The molecular formula is C18H12Cl2FN. The molecule has 110 valence electrons. The molecule has 0 amide bonds. The lowest BCUT2D eigenvalue weighted by molar-refractivity contribution is 0.628. The molecule has 2 N–H and O–H groups in total. The van der Waals surface area contributed by atoms with E-state index in [2.05, 4.69) is 0 Å². The van der Waals surface area contributed by atoms with Gasteiger partial charge in [0.1, 0.15) is 5.82 Å². The fraction of sp³-hybridized carbons (Fsp3) is 0. The molecule has 3 rings (SSSR count). The van der Waals surface area contributed by atoms with Crippen LogP contribution in [0.15, 0.2) is 60.7 Å². The molecule has 0 fully saturated rings. The van der Waals surface area contributed by atoms with Crippen molar-refractivity contribution in [2.45, 2.75) is 0 Å². The summed E-state index contributed by atoms with van der Waals surface area (Å²) in [6.07, 6.45) is 0. The third kappa shape index (κ3) is 2.80. The Labute approximate surface area is 138 Å². The Balaban J connectivity index is 2.15. The molecule has 1 nitrogen and oxygen atoms in total. The highest BCUT2D eigenvalue weighted by Crippen LogP contribution is 2.37. The van der Waals surface area contributed by atoms with Gasteiger partial charge in [-0.2, -0.15) is 0 Å². The molecule has 0 heterocycles. The van der Waals surface area contributed by atoms with Gasteiger partial charge in [-0.25, -0.2) is 4.39 Å². The number of rotatable bonds is 2. The van der Waals surface area contributed by atoms with Gasteiger partial charge in [0.15, 0.2) is 0 Å². The van der Waals surface area contributed by atoms with Gasteiger partial charge in [0.25, 0.3) is 0 Å². The first-order valence-electron chi connectivity index (χ1n) is 6.66. The van der Waals surface area contributed by atoms with Crippen LogP contribution in [0.4, 0.5) is 10.1 Å². The maximum absolute atomic E-state index is 13.3. The molecule has 0 aliphatic rings. The fourth-order valence-electron chi connectivity index (χ4n) is 2.35. The minimum atomic E-state index is -0.450. The van der Waals surface area contributed by atoms with Crippen molar-refractivity contribution in [1.29, 1.82) is 0 Å². The zero-order valence-electron chi connectivity index (χ0n) is 11.5. The van der Waals surface area contributed by atoms with Gasteiger partial charge in [0.05, 0.1) is 10.0 Å². The van der Waals surface area contributed by atoms with Crippen LogP contribution in [0.2, 0.25) is 10.0 Å². The third-order valence-electron chi connectivity index (χ3n) is 3.43. The minimum Gasteiger partial charge on any atom is -0.399 e. The van der Waals surface area contributed by atoms with E-state index in [1.54, 1.807) is 12.1 Å². The Hall–Kier alpha value is -2.03. The van der Waals surface area contributed by atoms with Crippen LogP contribution in [0, 0.1) is 5.82 Å². The van der Waals surface area contributed by atoms with Crippen LogP contribution in [0.5, 0.6) is 0 Å². The van der Waals surface area contributed by atoms with E-state index in [4.69, 9.17) is 28.9 Å². The summed E-state index contributed by atoms with van der Waals surface area (Å²) in [6.45, 7) is 0. The molecule has 0 aliphatic heterocycles. The summed E-state index contributed by atoms with van der Waals surface area (Å²) < 4.78 is 13.3. The van der Waals surface area contributed by atoms with Crippen LogP contribution in [0.3, 0.4) is 0 Å². The van der Waals surface area contributed by atoms with Crippen molar-refractivity contribution in [3.05, 3.63) is 76.5 Å². The summed E-state index contributed by atoms with van der Waals surface area (Å²) in [5.74, 6) is -0.450. The summed E-state index contributed by atoms with van der Waals surface area (Å²) in [7, 11) is 0. The van der Waals surface area contributed by atoms with E-state index in [-0.39, 0.29) is 5.02 Å². The number of hydrogen-bond acceptors (Lipinski definition) is 1. The molecule has 0 saturated heterocycles. The highest BCUT2D eigenvalue weighted by Gasteiger charge is 2.11. The van der Waals surface area contributed by atoms with Gasteiger partial charge in [-0.3, -0.25) is 0 Å². The standard InChI is InChI=1S/C18H12Cl2FN/c19-16-10-12(7-8-17(16)21)15-6-2-5-14(18(15)20)11-3-1-4-13(22)9-11/h1-10H,22H2. The van der Waals surface area contributed by atoms with E-state index in [9.17, 15) is 4.39 Å². The number of nitrogens with two attached hydrogens (primary N) is 1. The van der Waals surface area contributed by atoms with Crippen LogP contribution in [0.1, 0.15) is 0 Å². The molecule has 3 aromatic carbocycles. The molecule has 4 heteroatoms. The monoisotopic (exact) mass is 331 g/mol. The zero-order chi connectivity index (χ0) is 15.7. The van der Waals surface area contributed by atoms with Crippen LogP contribution in [0.25, 0.3) is 22.3 Å². The van der Waals surface area contributed by atoms with E-state index < -0.39 is 5.82 Å². The first kappa shape index (κ1) is 14.9. The number of benzene rings is 3. The van der Waals surface area contributed by atoms with E-state index in [1.807, 2.05) is 42.5 Å². The Morgan fingerprint density at radius 3 is 2.05 bits per heavy atom. The molecule has 0 aromatic heterocycles. The predicted octanol–water partition coefficient (Wildman–Crippen LogP) is 6.05. The van der Waals surface area contributed by atoms with Crippen LogP contribution in [-0.2, 0) is 0 Å². The predicted molar refractivity (Wildman–Crippen MR) is 91.7 cm³/mol. The second kappa shape index (κ2) is 5.99. The van der Waals surface area contributed by atoms with Crippen molar-refractivity contribution in [2.75, 3.05) is 5.73 Å². The van der Waals surface area contributed by atoms with Gasteiger partial charge < -0.3 is 5.73 Å². The first-order valence-corrected chi connectivity index (χ1v) is 7.41. The largest absolute Gasteiger partial charge is 0.399 e. The fourth-order valence-corrected chi connectivity index (χ4v) is 2.87. The van der Waals surface area contributed by atoms with E-state index in [0.29, 0.717) is 10.7 Å². The minimum absolute atomic E-state index is 0.0722. The van der Waals surface area contributed by atoms with E-state index in [1.165, 1.54) is 6.07 Å². The first-order chi connectivity index (χ1) is 10.6. The lowest BCUT2D eigenvalue weighted by Crippen LogP contribution is -1.88. The molecule has 0 atom stereocenters. The van der Waals surface area contributed by atoms with Gasteiger partial charge in [-0.15, -0.1) is 0 Å². The molecular weight excluding hydrogens is 320 g/mol. The van der Waals surface area contributed by atoms with Crippen molar-refractivity contribution in [3.63, 3.8) is 0 Å². The average molecular weight is 332 g/mol. The Bertz CT molecular complexity index is 846. The van der Waals surface area contributed by atoms with Gasteiger partial charge in [-0.05, 0) is 35.4 Å². The number of halogens is 3. The quantitative estimate of drug-likeness (QED) is 0.568. The van der Waals surface area contributed by atoms with Crippen LogP contribution in [-0.4, -0.2) is 0 Å². The number of hydrogen-bond donors (Lipinski definition) is 1. The number of anilines is 1. The lowest BCUT2D eigenvalue weighted by Gasteiger charge is -2.11. The van der Waals surface area contributed by atoms with Crippen LogP contribution < -0.4 is 5.73 Å². The Morgan fingerprint density at radius 2 is 1.41 bits per heavy atom.